The third-order valence-electron chi connectivity index (χ3n) is 3.14. The molecule has 2 N–H and O–H groups in total. The Morgan fingerprint density at radius 2 is 2.06 bits per heavy atom. The topological polar surface area (TPSA) is 50.4 Å². The van der Waals surface area contributed by atoms with Crippen LogP contribution in [0.1, 0.15) is 38.5 Å². The highest BCUT2D eigenvalue weighted by Crippen LogP contribution is 2.18. The van der Waals surface area contributed by atoms with Crippen LogP contribution < -0.4 is 10.6 Å². The SMILES string of the molecule is O=C(CC1CCCCO1)NCCNC1CC1. The van der Waals surface area contributed by atoms with Crippen molar-refractivity contribution in [1.82, 2.24) is 10.6 Å². The molecule has 1 saturated heterocycles. The number of carbonyl (C=O) groups is 1. The summed E-state index contributed by atoms with van der Waals surface area (Å²) in [7, 11) is 0. The molecule has 1 saturated carbocycles. The van der Waals surface area contributed by atoms with Gasteiger partial charge in [0.25, 0.3) is 0 Å². The lowest BCUT2D eigenvalue weighted by atomic mass is 10.1. The highest BCUT2D eigenvalue weighted by Gasteiger charge is 2.20. The molecule has 2 fully saturated rings. The van der Waals surface area contributed by atoms with Gasteiger partial charge in [-0.15, -0.1) is 0 Å². The summed E-state index contributed by atoms with van der Waals surface area (Å²) in [4.78, 5) is 11.6. The number of rotatable bonds is 6. The summed E-state index contributed by atoms with van der Waals surface area (Å²) in [6.45, 7) is 2.45. The highest BCUT2D eigenvalue weighted by molar-refractivity contribution is 5.76. The molecule has 1 atom stereocenters. The first-order valence-electron chi connectivity index (χ1n) is 6.46. The quantitative estimate of drug-likeness (QED) is 0.659. The molecule has 1 aliphatic heterocycles. The number of ether oxygens (including phenoxy) is 1. The summed E-state index contributed by atoms with van der Waals surface area (Å²) in [5.41, 5.74) is 0. The average molecular weight is 226 g/mol. The Morgan fingerprint density at radius 1 is 1.19 bits per heavy atom. The van der Waals surface area contributed by atoms with E-state index in [2.05, 4.69) is 10.6 Å². The Morgan fingerprint density at radius 3 is 2.75 bits per heavy atom. The summed E-state index contributed by atoms with van der Waals surface area (Å²) in [5, 5.41) is 6.30. The zero-order valence-corrected chi connectivity index (χ0v) is 9.84. The second-order valence-corrected chi connectivity index (χ2v) is 4.77. The summed E-state index contributed by atoms with van der Waals surface area (Å²) in [6, 6.07) is 0.721. The van der Waals surface area contributed by atoms with E-state index in [-0.39, 0.29) is 12.0 Å². The molecule has 0 aromatic rings. The van der Waals surface area contributed by atoms with Crippen molar-refractivity contribution in [2.75, 3.05) is 19.7 Å². The Balaban J connectivity index is 1.49. The first kappa shape index (κ1) is 11.9. The molecule has 4 nitrogen and oxygen atoms in total. The molecule has 0 bridgehead atoms. The molecule has 0 aromatic carbocycles. The Labute approximate surface area is 97.1 Å². The van der Waals surface area contributed by atoms with E-state index in [1.807, 2.05) is 0 Å². The molecule has 16 heavy (non-hydrogen) atoms. The summed E-state index contributed by atoms with van der Waals surface area (Å²) in [5.74, 6) is 0.129. The van der Waals surface area contributed by atoms with Crippen LogP contribution in [0.4, 0.5) is 0 Å². The second-order valence-electron chi connectivity index (χ2n) is 4.77. The molecule has 1 amide bonds. The normalized spacial score (nSPS) is 25.4. The first-order valence-corrected chi connectivity index (χ1v) is 6.46. The Kier molecular flexibility index (Phi) is 4.60. The van der Waals surface area contributed by atoms with Crippen LogP contribution in [-0.4, -0.2) is 37.7 Å². The van der Waals surface area contributed by atoms with Gasteiger partial charge in [0.05, 0.1) is 12.5 Å². The van der Waals surface area contributed by atoms with Crippen molar-refractivity contribution in [3.05, 3.63) is 0 Å². The third kappa shape index (κ3) is 4.49. The van der Waals surface area contributed by atoms with E-state index in [1.54, 1.807) is 0 Å². The molecular formula is C12H22N2O2. The lowest BCUT2D eigenvalue weighted by molar-refractivity contribution is -0.124. The van der Waals surface area contributed by atoms with Gasteiger partial charge in [0.15, 0.2) is 0 Å². The number of carbonyl (C=O) groups excluding carboxylic acids is 1. The van der Waals surface area contributed by atoms with E-state index < -0.39 is 0 Å². The number of hydrogen-bond donors (Lipinski definition) is 2. The third-order valence-corrected chi connectivity index (χ3v) is 3.14. The lowest BCUT2D eigenvalue weighted by Crippen LogP contribution is -2.35. The number of nitrogens with one attached hydrogen (secondary N) is 2. The van der Waals surface area contributed by atoms with Gasteiger partial charge in [-0.2, -0.15) is 0 Å². The van der Waals surface area contributed by atoms with Gasteiger partial charge < -0.3 is 15.4 Å². The van der Waals surface area contributed by atoms with Crippen molar-refractivity contribution in [1.29, 1.82) is 0 Å². The van der Waals surface area contributed by atoms with Gasteiger partial charge in [0, 0.05) is 25.7 Å². The smallest absolute Gasteiger partial charge is 0.222 e. The molecule has 0 radical (unpaired) electrons. The van der Waals surface area contributed by atoms with Crippen molar-refractivity contribution >= 4 is 5.91 Å². The number of amides is 1. The molecule has 92 valence electrons. The summed E-state index contributed by atoms with van der Waals surface area (Å²) in [6.07, 6.45) is 6.65. The summed E-state index contributed by atoms with van der Waals surface area (Å²) >= 11 is 0. The van der Waals surface area contributed by atoms with Gasteiger partial charge in [-0.05, 0) is 32.1 Å². The maximum Gasteiger partial charge on any atom is 0.222 e. The fraction of sp³-hybridized carbons (Fsp3) is 0.917. The Hall–Kier alpha value is -0.610. The maximum absolute atomic E-state index is 11.6. The van der Waals surface area contributed by atoms with Gasteiger partial charge in [0.2, 0.25) is 5.91 Å². The van der Waals surface area contributed by atoms with Crippen molar-refractivity contribution in [2.45, 2.75) is 50.7 Å². The van der Waals surface area contributed by atoms with E-state index in [0.29, 0.717) is 6.42 Å². The zero-order valence-electron chi connectivity index (χ0n) is 9.84. The monoisotopic (exact) mass is 226 g/mol. The molecule has 1 aliphatic carbocycles. The average Bonchev–Trinajstić information content (AvgIpc) is 3.10. The fourth-order valence-corrected chi connectivity index (χ4v) is 2.01. The van der Waals surface area contributed by atoms with Crippen LogP contribution in [-0.2, 0) is 9.53 Å². The molecule has 1 unspecified atom stereocenters. The van der Waals surface area contributed by atoms with Crippen LogP contribution in [0.15, 0.2) is 0 Å². The molecule has 0 spiro atoms. The van der Waals surface area contributed by atoms with E-state index >= 15 is 0 Å². The predicted molar refractivity (Wildman–Crippen MR) is 62.2 cm³/mol. The Bertz CT molecular complexity index is 223. The van der Waals surface area contributed by atoms with Crippen molar-refractivity contribution in [3.8, 4) is 0 Å². The van der Waals surface area contributed by atoms with E-state index in [1.165, 1.54) is 19.3 Å². The van der Waals surface area contributed by atoms with E-state index in [4.69, 9.17) is 4.74 Å². The van der Waals surface area contributed by atoms with Crippen LogP contribution in [0.2, 0.25) is 0 Å². The van der Waals surface area contributed by atoms with Crippen LogP contribution in [0.25, 0.3) is 0 Å². The number of hydrogen-bond acceptors (Lipinski definition) is 3. The predicted octanol–water partition coefficient (Wildman–Crippen LogP) is 0.814. The van der Waals surface area contributed by atoms with E-state index in [0.717, 1.165) is 38.6 Å². The first-order chi connectivity index (χ1) is 7.84. The highest BCUT2D eigenvalue weighted by atomic mass is 16.5. The second kappa shape index (κ2) is 6.21. The minimum Gasteiger partial charge on any atom is -0.378 e. The zero-order chi connectivity index (χ0) is 11.2. The van der Waals surface area contributed by atoms with Gasteiger partial charge in [-0.1, -0.05) is 0 Å². The van der Waals surface area contributed by atoms with Gasteiger partial charge in [-0.25, -0.2) is 0 Å². The van der Waals surface area contributed by atoms with Crippen molar-refractivity contribution in [3.63, 3.8) is 0 Å². The van der Waals surface area contributed by atoms with Crippen molar-refractivity contribution in [2.24, 2.45) is 0 Å². The molecular weight excluding hydrogens is 204 g/mol. The minimum absolute atomic E-state index is 0.129. The standard InChI is InChI=1S/C12H22N2O2/c15-12(9-11-3-1-2-8-16-11)14-7-6-13-10-4-5-10/h10-11,13H,1-9H2,(H,14,15). The molecule has 2 rings (SSSR count). The van der Waals surface area contributed by atoms with Gasteiger partial charge in [-0.3, -0.25) is 4.79 Å². The van der Waals surface area contributed by atoms with Crippen LogP contribution in [0.5, 0.6) is 0 Å². The van der Waals surface area contributed by atoms with E-state index in [9.17, 15) is 4.79 Å². The molecule has 4 heteroatoms. The minimum atomic E-state index is 0.129. The van der Waals surface area contributed by atoms with Crippen molar-refractivity contribution < 1.29 is 9.53 Å². The van der Waals surface area contributed by atoms with Crippen LogP contribution >= 0.6 is 0 Å². The van der Waals surface area contributed by atoms with Gasteiger partial charge >= 0.3 is 0 Å². The molecule has 1 heterocycles. The lowest BCUT2D eigenvalue weighted by Gasteiger charge is -2.21. The van der Waals surface area contributed by atoms with Gasteiger partial charge in [0.1, 0.15) is 0 Å². The van der Waals surface area contributed by atoms with Crippen LogP contribution in [0, 0.1) is 0 Å². The fourth-order valence-electron chi connectivity index (χ4n) is 2.01. The molecule has 0 aromatic heterocycles. The van der Waals surface area contributed by atoms with Crippen LogP contribution in [0.3, 0.4) is 0 Å². The maximum atomic E-state index is 11.6. The largest absolute Gasteiger partial charge is 0.378 e. The summed E-state index contributed by atoms with van der Waals surface area (Å²) < 4.78 is 5.53. The molecule has 2 aliphatic rings.